The van der Waals surface area contributed by atoms with Crippen LogP contribution < -0.4 is 5.32 Å². The van der Waals surface area contributed by atoms with E-state index in [0.717, 1.165) is 4.47 Å². The molecule has 1 amide bonds. The lowest BCUT2D eigenvalue weighted by Crippen LogP contribution is -2.41. The molecule has 0 aromatic heterocycles. The van der Waals surface area contributed by atoms with Crippen LogP contribution in [0.4, 0.5) is 0 Å². The van der Waals surface area contributed by atoms with Gasteiger partial charge in [-0.1, -0.05) is 29.8 Å². The van der Waals surface area contributed by atoms with Crippen molar-refractivity contribution < 1.29 is 14.7 Å². The van der Waals surface area contributed by atoms with Gasteiger partial charge in [-0.3, -0.25) is 4.79 Å². The van der Waals surface area contributed by atoms with Crippen LogP contribution in [0.1, 0.15) is 30.6 Å². The monoisotopic (exact) mass is 391 g/mol. The first-order valence-corrected chi connectivity index (χ1v) is 7.38. The van der Waals surface area contributed by atoms with Crippen LogP contribution in [0.2, 0.25) is 0 Å². The van der Waals surface area contributed by atoms with E-state index in [2.05, 4.69) is 37.2 Å². The fourth-order valence-corrected chi connectivity index (χ4v) is 2.39. The molecule has 0 saturated carbocycles. The number of benzene rings is 1. The van der Waals surface area contributed by atoms with Crippen LogP contribution in [0.15, 0.2) is 27.1 Å². The van der Waals surface area contributed by atoms with Crippen LogP contribution in [0.3, 0.4) is 0 Å². The molecular weight excluding hydrogens is 378 g/mol. The SMILES string of the molecule is CC(C)CC(NC(=O)c1cc(Br)ccc1Br)C(=O)O. The first kappa shape index (κ1) is 16.2. The van der Waals surface area contributed by atoms with E-state index in [1.807, 2.05) is 13.8 Å². The van der Waals surface area contributed by atoms with E-state index in [4.69, 9.17) is 5.11 Å². The third-order valence-corrected chi connectivity index (χ3v) is 3.67. The van der Waals surface area contributed by atoms with E-state index < -0.39 is 17.9 Å². The van der Waals surface area contributed by atoms with Crippen molar-refractivity contribution in [3.63, 3.8) is 0 Å². The minimum absolute atomic E-state index is 0.187. The summed E-state index contributed by atoms with van der Waals surface area (Å²) in [5.74, 6) is -1.23. The van der Waals surface area contributed by atoms with Crippen molar-refractivity contribution in [2.24, 2.45) is 5.92 Å². The van der Waals surface area contributed by atoms with Crippen LogP contribution in [0, 0.1) is 5.92 Å². The molecule has 1 rings (SSSR count). The highest BCUT2D eigenvalue weighted by atomic mass is 79.9. The number of carboxylic acids is 1. The molecule has 6 heteroatoms. The lowest BCUT2D eigenvalue weighted by atomic mass is 10.0. The number of nitrogens with one attached hydrogen (secondary N) is 1. The predicted octanol–water partition coefficient (Wildman–Crippen LogP) is 3.44. The number of carbonyl (C=O) groups excluding carboxylic acids is 1. The lowest BCUT2D eigenvalue weighted by Gasteiger charge is -2.17. The molecular formula is C13H15Br2NO3. The van der Waals surface area contributed by atoms with E-state index >= 15 is 0 Å². The Hall–Kier alpha value is -0.880. The van der Waals surface area contributed by atoms with Gasteiger partial charge in [0, 0.05) is 8.95 Å². The van der Waals surface area contributed by atoms with Gasteiger partial charge >= 0.3 is 5.97 Å². The molecule has 0 radical (unpaired) electrons. The minimum Gasteiger partial charge on any atom is -0.480 e. The predicted molar refractivity (Wildman–Crippen MR) is 80.2 cm³/mol. The molecule has 1 aromatic rings. The quantitative estimate of drug-likeness (QED) is 0.806. The minimum atomic E-state index is -1.02. The fourth-order valence-electron chi connectivity index (χ4n) is 1.60. The first-order valence-electron chi connectivity index (χ1n) is 5.80. The molecule has 0 heterocycles. The maximum absolute atomic E-state index is 12.1. The van der Waals surface area contributed by atoms with Gasteiger partial charge in [0.1, 0.15) is 6.04 Å². The lowest BCUT2D eigenvalue weighted by molar-refractivity contribution is -0.139. The van der Waals surface area contributed by atoms with Gasteiger partial charge in [0.05, 0.1) is 5.56 Å². The van der Waals surface area contributed by atoms with Gasteiger partial charge in [-0.15, -0.1) is 0 Å². The van der Waals surface area contributed by atoms with Gasteiger partial charge < -0.3 is 10.4 Å². The van der Waals surface area contributed by atoms with E-state index in [9.17, 15) is 9.59 Å². The van der Waals surface area contributed by atoms with Gasteiger partial charge in [-0.25, -0.2) is 4.79 Å². The number of amides is 1. The molecule has 0 bridgehead atoms. The zero-order valence-electron chi connectivity index (χ0n) is 10.6. The average Bonchev–Trinajstić information content (AvgIpc) is 2.30. The third kappa shape index (κ3) is 4.95. The Morgan fingerprint density at radius 3 is 2.47 bits per heavy atom. The summed E-state index contributed by atoms with van der Waals surface area (Å²) in [5.41, 5.74) is 0.407. The molecule has 0 spiro atoms. The van der Waals surface area contributed by atoms with E-state index in [-0.39, 0.29) is 5.92 Å². The summed E-state index contributed by atoms with van der Waals surface area (Å²) in [6.45, 7) is 3.83. The Kier molecular flexibility index (Phi) is 6.00. The summed E-state index contributed by atoms with van der Waals surface area (Å²) < 4.78 is 1.39. The maximum atomic E-state index is 12.1. The van der Waals surface area contributed by atoms with Gasteiger partial charge in [-0.05, 0) is 46.5 Å². The normalized spacial score (nSPS) is 12.3. The molecule has 0 aliphatic carbocycles. The Bertz CT molecular complexity index is 489. The van der Waals surface area contributed by atoms with Crippen LogP contribution >= 0.6 is 31.9 Å². The summed E-state index contributed by atoms with van der Waals surface area (Å²) in [7, 11) is 0. The van der Waals surface area contributed by atoms with Crippen molar-refractivity contribution in [1.82, 2.24) is 5.32 Å². The second-order valence-corrected chi connectivity index (χ2v) is 6.39. The summed E-state index contributed by atoms with van der Waals surface area (Å²) >= 11 is 6.56. The molecule has 4 nitrogen and oxygen atoms in total. The summed E-state index contributed by atoms with van der Waals surface area (Å²) in [6, 6.07) is 4.30. The molecule has 0 aliphatic rings. The zero-order chi connectivity index (χ0) is 14.6. The highest BCUT2D eigenvalue weighted by Crippen LogP contribution is 2.21. The van der Waals surface area contributed by atoms with Crippen molar-refractivity contribution >= 4 is 43.7 Å². The Morgan fingerprint density at radius 2 is 1.95 bits per heavy atom. The van der Waals surface area contributed by atoms with Crippen molar-refractivity contribution in [1.29, 1.82) is 0 Å². The number of carboxylic acid groups (broad SMARTS) is 1. The molecule has 0 saturated heterocycles. The maximum Gasteiger partial charge on any atom is 0.326 e. The molecule has 1 atom stereocenters. The molecule has 19 heavy (non-hydrogen) atoms. The largest absolute Gasteiger partial charge is 0.480 e. The number of halogens is 2. The second kappa shape index (κ2) is 7.05. The number of hydrogen-bond donors (Lipinski definition) is 2. The average molecular weight is 393 g/mol. The zero-order valence-corrected chi connectivity index (χ0v) is 13.8. The Balaban J connectivity index is 2.87. The molecule has 1 unspecified atom stereocenters. The van der Waals surface area contributed by atoms with Crippen molar-refractivity contribution in [2.75, 3.05) is 0 Å². The van der Waals surface area contributed by atoms with Gasteiger partial charge in [-0.2, -0.15) is 0 Å². The molecule has 0 fully saturated rings. The number of rotatable bonds is 5. The second-order valence-electron chi connectivity index (χ2n) is 4.62. The van der Waals surface area contributed by atoms with Crippen molar-refractivity contribution in [2.45, 2.75) is 26.3 Å². The molecule has 2 N–H and O–H groups in total. The first-order chi connectivity index (χ1) is 8.81. The third-order valence-electron chi connectivity index (χ3n) is 2.48. The van der Waals surface area contributed by atoms with E-state index in [1.54, 1.807) is 18.2 Å². The van der Waals surface area contributed by atoms with E-state index in [1.165, 1.54) is 0 Å². The highest BCUT2D eigenvalue weighted by molar-refractivity contribution is 9.11. The van der Waals surface area contributed by atoms with Crippen LogP contribution in [0.5, 0.6) is 0 Å². The van der Waals surface area contributed by atoms with Crippen LogP contribution in [-0.2, 0) is 4.79 Å². The molecule has 104 valence electrons. The van der Waals surface area contributed by atoms with Crippen molar-refractivity contribution in [3.8, 4) is 0 Å². The standard InChI is InChI=1S/C13H15Br2NO3/c1-7(2)5-11(13(18)19)16-12(17)9-6-8(14)3-4-10(9)15/h3-4,6-7,11H,5H2,1-2H3,(H,16,17)(H,18,19). The van der Waals surface area contributed by atoms with E-state index in [0.29, 0.717) is 16.5 Å². The van der Waals surface area contributed by atoms with Crippen LogP contribution in [-0.4, -0.2) is 23.0 Å². The number of aliphatic carboxylic acids is 1. The molecule has 1 aromatic carbocycles. The van der Waals surface area contributed by atoms with Crippen molar-refractivity contribution in [3.05, 3.63) is 32.7 Å². The fraction of sp³-hybridized carbons (Fsp3) is 0.385. The van der Waals surface area contributed by atoms with Crippen LogP contribution in [0.25, 0.3) is 0 Å². The summed E-state index contributed by atoms with van der Waals surface area (Å²) in [4.78, 5) is 23.2. The summed E-state index contributed by atoms with van der Waals surface area (Å²) in [5, 5.41) is 11.6. The summed E-state index contributed by atoms with van der Waals surface area (Å²) in [6.07, 6.45) is 0.396. The van der Waals surface area contributed by atoms with Gasteiger partial charge in [0.15, 0.2) is 0 Å². The number of carbonyl (C=O) groups is 2. The Morgan fingerprint density at radius 1 is 1.32 bits per heavy atom. The highest BCUT2D eigenvalue weighted by Gasteiger charge is 2.22. The topological polar surface area (TPSA) is 66.4 Å². The van der Waals surface area contributed by atoms with Gasteiger partial charge in [0.25, 0.3) is 5.91 Å². The van der Waals surface area contributed by atoms with Gasteiger partial charge in [0.2, 0.25) is 0 Å². The molecule has 0 aliphatic heterocycles. The number of hydrogen-bond acceptors (Lipinski definition) is 2. The smallest absolute Gasteiger partial charge is 0.326 e. The Labute approximate surface area is 128 Å².